The molecule has 3 atom stereocenters. The molecular weight excluding hydrogens is 780 g/mol. The Balaban J connectivity index is 4.28. The first-order valence-corrected chi connectivity index (χ1v) is 25.6. The van der Waals surface area contributed by atoms with E-state index in [1.807, 2.05) is 0 Å². The number of ether oxygens (including phenoxy) is 2. The topological polar surface area (TPSA) is 149 Å². The lowest BCUT2D eigenvalue weighted by atomic mass is 10.0. The van der Waals surface area contributed by atoms with Crippen LogP contribution in [0.2, 0.25) is 0 Å². The Morgan fingerprint density at radius 2 is 0.867 bits per heavy atom. The minimum absolute atomic E-state index is 0.179. The molecule has 0 radical (unpaired) electrons. The van der Waals surface area contributed by atoms with Crippen LogP contribution in [0.4, 0.5) is 0 Å². The molecule has 0 amide bonds. The van der Waals surface area contributed by atoms with Gasteiger partial charge in [0, 0.05) is 12.8 Å². The van der Waals surface area contributed by atoms with Crippen molar-refractivity contribution in [1.29, 1.82) is 0 Å². The molecule has 0 spiro atoms. The van der Waals surface area contributed by atoms with Gasteiger partial charge in [-0.25, -0.2) is 4.57 Å². The van der Waals surface area contributed by atoms with Crippen LogP contribution in [0, 0.1) is 0 Å². The molecule has 11 heteroatoms. The zero-order chi connectivity index (χ0) is 44.0. The summed E-state index contributed by atoms with van der Waals surface area (Å²) in [6.07, 6.45) is 49.3. The monoisotopic (exact) mass is 869 g/mol. The third-order valence-corrected chi connectivity index (χ3v) is 11.2. The van der Waals surface area contributed by atoms with E-state index >= 15 is 0 Å². The molecule has 0 saturated heterocycles. The second kappa shape index (κ2) is 45.0. The van der Waals surface area contributed by atoms with Crippen LogP contribution in [0.5, 0.6) is 0 Å². The van der Waals surface area contributed by atoms with Crippen molar-refractivity contribution >= 4 is 19.8 Å². The Morgan fingerprint density at radius 3 is 1.33 bits per heavy atom. The summed E-state index contributed by atoms with van der Waals surface area (Å²) in [5.41, 5.74) is 0. The fourth-order valence-electron chi connectivity index (χ4n) is 6.51. The van der Waals surface area contributed by atoms with Gasteiger partial charge in [0.25, 0.3) is 0 Å². The van der Waals surface area contributed by atoms with Gasteiger partial charge in [-0.3, -0.25) is 18.6 Å². The Bertz CT molecular complexity index is 1140. The molecular formula is C49H89O10P. The Labute approximate surface area is 366 Å². The fourth-order valence-corrected chi connectivity index (χ4v) is 7.30. The van der Waals surface area contributed by atoms with E-state index in [0.29, 0.717) is 12.8 Å². The third kappa shape index (κ3) is 44.0. The Hall–Kier alpha value is -2.07. The number of unbranched alkanes of at least 4 members (excludes halogenated alkanes) is 23. The fraction of sp³-hybridized carbons (Fsp3) is 0.796. The van der Waals surface area contributed by atoms with E-state index in [9.17, 15) is 24.2 Å². The van der Waals surface area contributed by atoms with Gasteiger partial charge in [0.2, 0.25) is 0 Å². The van der Waals surface area contributed by atoms with E-state index in [1.54, 1.807) is 0 Å². The van der Waals surface area contributed by atoms with E-state index in [4.69, 9.17) is 23.6 Å². The van der Waals surface area contributed by atoms with Crippen molar-refractivity contribution in [2.45, 2.75) is 225 Å². The normalized spacial score (nSPS) is 14.2. The first-order valence-electron chi connectivity index (χ1n) is 24.1. The molecule has 60 heavy (non-hydrogen) atoms. The maximum Gasteiger partial charge on any atom is 0.472 e. The van der Waals surface area contributed by atoms with Crippen molar-refractivity contribution in [2.24, 2.45) is 0 Å². The van der Waals surface area contributed by atoms with Crippen molar-refractivity contribution in [3.8, 4) is 0 Å². The van der Waals surface area contributed by atoms with E-state index < -0.39 is 51.8 Å². The van der Waals surface area contributed by atoms with Crippen LogP contribution in [0.3, 0.4) is 0 Å². The van der Waals surface area contributed by atoms with Gasteiger partial charge in [0.15, 0.2) is 6.10 Å². The van der Waals surface area contributed by atoms with E-state index in [-0.39, 0.29) is 19.4 Å². The van der Waals surface area contributed by atoms with Crippen LogP contribution in [0.25, 0.3) is 0 Å². The number of phosphoric ester groups is 1. The van der Waals surface area contributed by atoms with Gasteiger partial charge in [-0.1, -0.05) is 191 Å². The summed E-state index contributed by atoms with van der Waals surface area (Å²) in [5.74, 6) is -0.954. The van der Waals surface area contributed by atoms with Crippen LogP contribution >= 0.6 is 7.82 Å². The van der Waals surface area contributed by atoms with Crippen molar-refractivity contribution in [3.63, 3.8) is 0 Å². The molecule has 0 aromatic carbocycles. The van der Waals surface area contributed by atoms with Gasteiger partial charge in [-0.15, -0.1) is 0 Å². The van der Waals surface area contributed by atoms with Crippen LogP contribution in [0.1, 0.15) is 213 Å². The van der Waals surface area contributed by atoms with Crippen molar-refractivity contribution < 1.29 is 47.8 Å². The Morgan fingerprint density at radius 1 is 0.500 bits per heavy atom. The van der Waals surface area contributed by atoms with Gasteiger partial charge in [0.1, 0.15) is 12.7 Å². The molecule has 3 N–H and O–H groups in total. The van der Waals surface area contributed by atoms with E-state index in [2.05, 4.69) is 62.5 Å². The highest BCUT2D eigenvalue weighted by Crippen LogP contribution is 2.43. The number of rotatable bonds is 45. The molecule has 0 aliphatic carbocycles. The summed E-state index contributed by atoms with van der Waals surface area (Å²) in [5, 5.41) is 18.4. The number of aliphatic hydroxyl groups is 2. The predicted octanol–water partition coefficient (Wildman–Crippen LogP) is 13.3. The number of allylic oxidation sites excluding steroid dienone is 8. The van der Waals surface area contributed by atoms with Gasteiger partial charge >= 0.3 is 19.8 Å². The summed E-state index contributed by atoms with van der Waals surface area (Å²) in [6.45, 7) is 2.34. The summed E-state index contributed by atoms with van der Waals surface area (Å²) >= 11 is 0. The molecule has 350 valence electrons. The minimum Gasteiger partial charge on any atom is -0.462 e. The number of hydrogen-bond donors (Lipinski definition) is 3. The average molecular weight is 869 g/mol. The first-order chi connectivity index (χ1) is 29.2. The number of carbonyl (C=O) groups excluding carboxylic acids is 2. The number of esters is 2. The van der Waals surface area contributed by atoms with Gasteiger partial charge in [-0.05, 0) is 57.8 Å². The van der Waals surface area contributed by atoms with Crippen LogP contribution in [-0.2, 0) is 32.7 Å². The second-order valence-electron chi connectivity index (χ2n) is 16.1. The minimum atomic E-state index is -4.63. The van der Waals surface area contributed by atoms with Crippen LogP contribution < -0.4 is 0 Å². The first kappa shape index (κ1) is 57.9. The van der Waals surface area contributed by atoms with Gasteiger partial charge in [0.05, 0.1) is 19.8 Å². The number of aliphatic hydroxyl groups excluding tert-OH is 2. The highest BCUT2D eigenvalue weighted by atomic mass is 31.2. The highest BCUT2D eigenvalue weighted by molar-refractivity contribution is 7.47. The SMILES string of the molecule is CCCCC/C=C/C/C=C/C/C=C/C/C=C/CCCCCC(=O)OC[C@H](COP(=O)(O)OC[C@@H](O)CO)OC(=O)CCCCCCCCCCCCCCCCCCCC. The molecule has 0 heterocycles. The smallest absolute Gasteiger partial charge is 0.462 e. The van der Waals surface area contributed by atoms with Crippen LogP contribution in [0.15, 0.2) is 48.6 Å². The average Bonchev–Trinajstić information content (AvgIpc) is 3.24. The molecule has 0 fully saturated rings. The maximum atomic E-state index is 12.7. The van der Waals surface area contributed by atoms with Crippen LogP contribution in [-0.4, -0.2) is 65.7 Å². The predicted molar refractivity (Wildman–Crippen MR) is 247 cm³/mol. The lowest BCUT2D eigenvalue weighted by Gasteiger charge is -2.20. The second-order valence-corrected chi connectivity index (χ2v) is 17.6. The van der Waals surface area contributed by atoms with Gasteiger partial charge in [-0.2, -0.15) is 0 Å². The molecule has 0 aromatic rings. The summed E-state index contributed by atoms with van der Waals surface area (Å²) in [7, 11) is -4.63. The molecule has 0 bridgehead atoms. The number of phosphoric acid groups is 1. The Kier molecular flexibility index (Phi) is 43.4. The highest BCUT2D eigenvalue weighted by Gasteiger charge is 2.27. The molecule has 0 aliphatic heterocycles. The summed E-state index contributed by atoms with van der Waals surface area (Å²) in [6, 6.07) is 0. The van der Waals surface area contributed by atoms with Gasteiger partial charge < -0.3 is 24.6 Å². The molecule has 10 nitrogen and oxygen atoms in total. The molecule has 1 unspecified atom stereocenters. The number of carbonyl (C=O) groups is 2. The molecule has 0 saturated carbocycles. The lowest BCUT2D eigenvalue weighted by molar-refractivity contribution is -0.161. The third-order valence-electron chi connectivity index (χ3n) is 10.2. The quantitative estimate of drug-likeness (QED) is 0.0234. The maximum absolute atomic E-state index is 12.7. The largest absolute Gasteiger partial charge is 0.472 e. The zero-order valence-corrected chi connectivity index (χ0v) is 39.1. The summed E-state index contributed by atoms with van der Waals surface area (Å²) in [4.78, 5) is 35.1. The molecule has 0 aromatic heterocycles. The van der Waals surface area contributed by atoms with Crippen molar-refractivity contribution in [2.75, 3.05) is 26.4 Å². The molecule has 0 aliphatic rings. The van der Waals surface area contributed by atoms with E-state index in [0.717, 1.165) is 57.8 Å². The standard InChI is InChI=1S/C49H89O10P/c1-3-5-7-9-11-13-15-17-19-21-23-25-26-28-30-32-34-36-38-40-48(52)56-44-47(45-58-60(54,55)57-43-46(51)42-50)59-49(53)41-39-37-35-33-31-29-27-24-22-20-18-16-14-12-10-8-6-4-2/h11,13,17,19,23,25,28,30,46-47,50-51H,3-10,12,14-16,18,20-22,24,26-27,29,31-45H2,1-2H3,(H,54,55)/b13-11+,19-17+,25-23+,30-28+/t46-,47+/m0/s1. The number of hydrogen-bond acceptors (Lipinski definition) is 9. The van der Waals surface area contributed by atoms with Crippen molar-refractivity contribution in [3.05, 3.63) is 48.6 Å². The lowest BCUT2D eigenvalue weighted by Crippen LogP contribution is -2.29. The van der Waals surface area contributed by atoms with Crippen molar-refractivity contribution in [1.82, 2.24) is 0 Å². The van der Waals surface area contributed by atoms with E-state index in [1.165, 1.54) is 116 Å². The zero-order valence-electron chi connectivity index (χ0n) is 38.2. The molecule has 0 rings (SSSR count). The summed E-state index contributed by atoms with van der Waals surface area (Å²) < 4.78 is 32.8.